The quantitative estimate of drug-likeness (QED) is 0.759. The zero-order valence-corrected chi connectivity index (χ0v) is 16.3. The monoisotopic (exact) mass is 364 g/mol. The molecular weight excluding hydrogens is 336 g/mol. The third kappa shape index (κ3) is 5.03. The number of hydrogen-bond donors (Lipinski definition) is 0. The van der Waals surface area contributed by atoms with Crippen LogP contribution in [0.2, 0.25) is 0 Å². The molecule has 2 heterocycles. The minimum atomic E-state index is -0.452. The molecule has 25 heavy (non-hydrogen) atoms. The molecule has 3 aliphatic rings. The fraction of sp³-hybridized carbons (Fsp3) is 0.684. The number of amides is 1. The summed E-state index contributed by atoms with van der Waals surface area (Å²) in [5, 5.41) is 1.56. The lowest BCUT2D eigenvalue weighted by molar-refractivity contribution is 0.0119. The van der Waals surface area contributed by atoms with Gasteiger partial charge in [-0.1, -0.05) is 6.08 Å². The maximum absolute atomic E-state index is 12.2. The van der Waals surface area contributed by atoms with Crippen LogP contribution in [-0.2, 0) is 9.47 Å². The number of piperidine rings is 1. The van der Waals surface area contributed by atoms with Gasteiger partial charge < -0.3 is 14.4 Å². The summed E-state index contributed by atoms with van der Waals surface area (Å²) in [5.74, 6) is 1.24. The smallest absolute Gasteiger partial charge is 0.410 e. The maximum Gasteiger partial charge on any atom is 0.410 e. The number of ether oxygens (including phenoxy) is 2. The number of rotatable bonds is 3. The van der Waals surface area contributed by atoms with Crippen molar-refractivity contribution in [1.82, 2.24) is 4.90 Å². The van der Waals surface area contributed by atoms with Gasteiger partial charge >= 0.3 is 6.09 Å². The molecule has 6 heteroatoms. The molecule has 5 nitrogen and oxygen atoms in total. The fourth-order valence-electron chi connectivity index (χ4n) is 3.28. The van der Waals surface area contributed by atoms with E-state index in [4.69, 9.17) is 9.47 Å². The van der Waals surface area contributed by atoms with Crippen molar-refractivity contribution in [3.63, 3.8) is 0 Å². The highest BCUT2D eigenvalue weighted by molar-refractivity contribution is 8.14. The Hall–Kier alpha value is -1.43. The van der Waals surface area contributed by atoms with Crippen LogP contribution in [0.5, 0.6) is 0 Å². The molecule has 0 radical (unpaired) electrons. The SMILES string of the molecule is CC1=NC2C=C(OCC3CCCN(C(=O)OC(C)(C)C)C3)C=CC2S1. The summed E-state index contributed by atoms with van der Waals surface area (Å²) in [4.78, 5) is 18.7. The first kappa shape index (κ1) is 18.4. The van der Waals surface area contributed by atoms with Crippen molar-refractivity contribution in [1.29, 1.82) is 0 Å². The van der Waals surface area contributed by atoms with Crippen LogP contribution in [0, 0.1) is 5.92 Å². The summed E-state index contributed by atoms with van der Waals surface area (Å²) in [7, 11) is 0. The van der Waals surface area contributed by atoms with Crippen molar-refractivity contribution in [2.45, 2.75) is 57.4 Å². The largest absolute Gasteiger partial charge is 0.494 e. The third-order valence-electron chi connectivity index (χ3n) is 4.42. The van der Waals surface area contributed by atoms with Crippen molar-refractivity contribution in [2.24, 2.45) is 10.9 Å². The van der Waals surface area contributed by atoms with Crippen LogP contribution in [0.3, 0.4) is 0 Å². The molecule has 0 spiro atoms. The Labute approximate surface area is 154 Å². The first-order valence-corrected chi connectivity index (χ1v) is 9.90. The van der Waals surface area contributed by atoms with Crippen LogP contribution < -0.4 is 0 Å². The molecule has 3 unspecified atom stereocenters. The van der Waals surface area contributed by atoms with Crippen molar-refractivity contribution in [3.05, 3.63) is 24.0 Å². The molecule has 1 fully saturated rings. The van der Waals surface area contributed by atoms with E-state index in [0.29, 0.717) is 24.3 Å². The second-order valence-electron chi connectivity index (χ2n) is 7.89. The van der Waals surface area contributed by atoms with E-state index in [1.165, 1.54) is 0 Å². The predicted molar refractivity (Wildman–Crippen MR) is 102 cm³/mol. The Morgan fingerprint density at radius 1 is 1.44 bits per heavy atom. The standard InChI is InChI=1S/C19H28N2O3S/c1-13-20-16-10-15(7-8-17(16)25-13)23-12-14-6-5-9-21(11-14)18(22)24-19(2,3)4/h7-8,10,14,16-17H,5-6,9,11-12H2,1-4H3. The lowest BCUT2D eigenvalue weighted by Crippen LogP contribution is -2.43. The average molecular weight is 365 g/mol. The zero-order chi connectivity index (χ0) is 18.0. The van der Waals surface area contributed by atoms with Gasteiger partial charge in [0, 0.05) is 19.0 Å². The summed E-state index contributed by atoms with van der Waals surface area (Å²) < 4.78 is 11.5. The lowest BCUT2D eigenvalue weighted by Gasteiger charge is -2.34. The van der Waals surface area contributed by atoms with Crippen LogP contribution in [0.4, 0.5) is 4.79 Å². The number of allylic oxidation sites excluding steroid dienone is 1. The molecule has 0 aromatic carbocycles. The molecule has 0 aromatic heterocycles. The van der Waals surface area contributed by atoms with Crippen LogP contribution in [0.15, 0.2) is 29.0 Å². The van der Waals surface area contributed by atoms with E-state index >= 15 is 0 Å². The van der Waals surface area contributed by atoms with Crippen LogP contribution in [0.1, 0.15) is 40.5 Å². The van der Waals surface area contributed by atoms with E-state index in [9.17, 15) is 4.79 Å². The normalized spacial score (nSPS) is 29.0. The van der Waals surface area contributed by atoms with Crippen LogP contribution in [-0.4, -0.2) is 52.6 Å². The number of nitrogens with zero attached hydrogens (tertiary/aromatic N) is 2. The van der Waals surface area contributed by atoms with Gasteiger partial charge in [-0.2, -0.15) is 0 Å². The van der Waals surface area contributed by atoms with Crippen molar-refractivity contribution in [3.8, 4) is 0 Å². The molecule has 1 amide bonds. The molecule has 3 rings (SSSR count). The van der Waals surface area contributed by atoms with Gasteiger partial charge in [0.15, 0.2) is 0 Å². The summed E-state index contributed by atoms with van der Waals surface area (Å²) >= 11 is 1.81. The highest BCUT2D eigenvalue weighted by atomic mass is 32.2. The van der Waals surface area contributed by atoms with E-state index in [1.807, 2.05) is 37.4 Å². The second-order valence-corrected chi connectivity index (χ2v) is 9.27. The maximum atomic E-state index is 12.2. The first-order chi connectivity index (χ1) is 11.8. The minimum Gasteiger partial charge on any atom is -0.494 e. The van der Waals surface area contributed by atoms with Crippen molar-refractivity contribution >= 4 is 22.9 Å². The Morgan fingerprint density at radius 2 is 2.24 bits per heavy atom. The Kier molecular flexibility index (Phi) is 5.46. The molecule has 1 aliphatic carbocycles. The number of carbonyl (C=O) groups is 1. The predicted octanol–water partition coefficient (Wildman–Crippen LogP) is 4.01. The second kappa shape index (κ2) is 7.44. The van der Waals surface area contributed by atoms with E-state index in [1.54, 1.807) is 0 Å². The molecular formula is C19H28N2O3S. The van der Waals surface area contributed by atoms with Crippen molar-refractivity contribution in [2.75, 3.05) is 19.7 Å². The van der Waals surface area contributed by atoms with Gasteiger partial charge in [0.1, 0.15) is 11.4 Å². The number of fused-ring (bicyclic) bond motifs is 1. The molecule has 3 atom stereocenters. The average Bonchev–Trinajstić information content (AvgIpc) is 2.91. The minimum absolute atomic E-state index is 0.203. The third-order valence-corrected chi connectivity index (χ3v) is 5.57. The number of aliphatic imine (C=N–C) groups is 1. The Morgan fingerprint density at radius 3 is 3.00 bits per heavy atom. The molecule has 2 aliphatic heterocycles. The number of hydrogen-bond acceptors (Lipinski definition) is 5. The highest BCUT2D eigenvalue weighted by Gasteiger charge is 2.30. The molecule has 138 valence electrons. The fourth-order valence-corrected chi connectivity index (χ4v) is 4.30. The van der Waals surface area contributed by atoms with Crippen molar-refractivity contribution < 1.29 is 14.3 Å². The van der Waals surface area contributed by atoms with Gasteiger partial charge in [0.05, 0.1) is 22.9 Å². The number of carbonyl (C=O) groups excluding carboxylic acids is 1. The zero-order valence-electron chi connectivity index (χ0n) is 15.5. The lowest BCUT2D eigenvalue weighted by atomic mass is 9.99. The van der Waals surface area contributed by atoms with E-state index in [2.05, 4.69) is 30.1 Å². The summed E-state index contributed by atoms with van der Waals surface area (Å²) in [6, 6.07) is 0.203. The van der Waals surface area contributed by atoms with Gasteiger partial charge in [-0.05, 0) is 52.7 Å². The van der Waals surface area contributed by atoms with Gasteiger partial charge in [-0.3, -0.25) is 4.99 Å². The first-order valence-electron chi connectivity index (χ1n) is 9.02. The van der Waals surface area contributed by atoms with E-state index in [0.717, 1.165) is 30.2 Å². The van der Waals surface area contributed by atoms with E-state index < -0.39 is 5.60 Å². The summed E-state index contributed by atoms with van der Waals surface area (Å²) in [6.07, 6.45) is 8.20. The molecule has 0 N–H and O–H groups in total. The van der Waals surface area contributed by atoms with Crippen LogP contribution in [0.25, 0.3) is 0 Å². The molecule has 0 aromatic rings. The Balaban J connectivity index is 1.49. The highest BCUT2D eigenvalue weighted by Crippen LogP contribution is 2.32. The van der Waals surface area contributed by atoms with E-state index in [-0.39, 0.29) is 12.1 Å². The topological polar surface area (TPSA) is 51.1 Å². The molecule has 1 saturated heterocycles. The molecule has 0 saturated carbocycles. The van der Waals surface area contributed by atoms with Gasteiger partial charge in [0.25, 0.3) is 0 Å². The summed E-state index contributed by atoms with van der Waals surface area (Å²) in [6.45, 7) is 9.84. The summed E-state index contributed by atoms with van der Waals surface area (Å²) in [5.41, 5.74) is -0.452. The van der Waals surface area contributed by atoms with Crippen LogP contribution >= 0.6 is 11.8 Å². The molecule has 0 bridgehead atoms. The number of thioether (sulfide) groups is 1. The van der Waals surface area contributed by atoms with Gasteiger partial charge in [0.2, 0.25) is 0 Å². The number of likely N-dealkylation sites (tertiary alicyclic amines) is 1. The van der Waals surface area contributed by atoms with Gasteiger partial charge in [-0.15, -0.1) is 11.8 Å². The Bertz CT molecular complexity index is 606. The van der Waals surface area contributed by atoms with Gasteiger partial charge in [-0.25, -0.2) is 4.79 Å².